The summed E-state index contributed by atoms with van der Waals surface area (Å²) in [4.78, 5) is 19.5. The van der Waals surface area contributed by atoms with Crippen LogP contribution in [0.1, 0.15) is 25.5 Å². The lowest BCUT2D eigenvalue weighted by atomic mass is 9.90. The van der Waals surface area contributed by atoms with Crippen molar-refractivity contribution in [1.29, 1.82) is 0 Å². The van der Waals surface area contributed by atoms with Gasteiger partial charge in [-0.25, -0.2) is 9.79 Å². The van der Waals surface area contributed by atoms with Crippen LogP contribution < -0.4 is 4.74 Å². The summed E-state index contributed by atoms with van der Waals surface area (Å²) < 4.78 is 11.1. The van der Waals surface area contributed by atoms with Gasteiger partial charge in [0.25, 0.3) is 0 Å². The standard InChI is InChI=1S/C21H20N2O3S/c1-4-26-20(24)17-13(2)22-21-23(11-12-27-21)19(17)18-15-8-6-5-7-14(15)9-10-16(18)25-3/h5-12,19H,4H2,1-3H3/t19-/m1/s1. The van der Waals surface area contributed by atoms with Crippen LogP contribution in [0.25, 0.3) is 10.8 Å². The van der Waals surface area contributed by atoms with Crippen molar-refractivity contribution in [3.8, 4) is 5.75 Å². The molecule has 138 valence electrons. The number of carbonyl (C=O) groups is 1. The van der Waals surface area contributed by atoms with Crippen molar-refractivity contribution in [2.24, 2.45) is 4.99 Å². The highest BCUT2D eigenvalue weighted by Gasteiger charge is 2.39. The van der Waals surface area contributed by atoms with Crippen molar-refractivity contribution < 1.29 is 14.3 Å². The molecule has 2 aliphatic heterocycles. The minimum Gasteiger partial charge on any atom is -0.496 e. The fourth-order valence-electron chi connectivity index (χ4n) is 3.59. The Balaban J connectivity index is 2.00. The lowest BCUT2D eigenvalue weighted by molar-refractivity contribution is -0.139. The molecule has 6 heteroatoms. The molecule has 0 saturated heterocycles. The van der Waals surface area contributed by atoms with Crippen LogP contribution in [0.2, 0.25) is 0 Å². The first-order valence-corrected chi connectivity index (χ1v) is 9.67. The molecule has 0 aromatic heterocycles. The molecule has 0 bridgehead atoms. The quantitative estimate of drug-likeness (QED) is 0.725. The molecule has 0 unspecified atom stereocenters. The van der Waals surface area contributed by atoms with Crippen LogP contribution in [0.3, 0.4) is 0 Å². The maximum Gasteiger partial charge on any atom is 0.338 e. The third-order valence-corrected chi connectivity index (χ3v) is 5.51. The molecular weight excluding hydrogens is 360 g/mol. The van der Waals surface area contributed by atoms with E-state index in [0.29, 0.717) is 17.9 Å². The zero-order valence-electron chi connectivity index (χ0n) is 15.4. The van der Waals surface area contributed by atoms with Crippen molar-refractivity contribution in [3.05, 3.63) is 64.8 Å². The Hall–Kier alpha value is -2.73. The van der Waals surface area contributed by atoms with E-state index >= 15 is 0 Å². The number of fused-ring (bicyclic) bond motifs is 2. The van der Waals surface area contributed by atoms with Crippen molar-refractivity contribution in [2.45, 2.75) is 19.9 Å². The van der Waals surface area contributed by atoms with Gasteiger partial charge >= 0.3 is 5.97 Å². The van der Waals surface area contributed by atoms with Gasteiger partial charge in [-0.2, -0.15) is 0 Å². The van der Waals surface area contributed by atoms with Crippen LogP contribution in [-0.2, 0) is 9.53 Å². The summed E-state index contributed by atoms with van der Waals surface area (Å²) in [5.74, 6) is 0.392. The normalized spacial score (nSPS) is 18.6. The Morgan fingerprint density at radius 2 is 2.07 bits per heavy atom. The van der Waals surface area contributed by atoms with Crippen molar-refractivity contribution >= 4 is 33.7 Å². The van der Waals surface area contributed by atoms with Gasteiger partial charge in [0.15, 0.2) is 5.17 Å². The minimum absolute atomic E-state index is 0.316. The van der Waals surface area contributed by atoms with E-state index in [1.165, 1.54) is 0 Å². The van der Waals surface area contributed by atoms with E-state index in [-0.39, 0.29) is 12.0 Å². The SMILES string of the molecule is CCOC(=O)C1=C(C)N=C2SC=CN2[C@H]1c1c(OC)ccc2ccccc12. The Morgan fingerprint density at radius 3 is 2.85 bits per heavy atom. The minimum atomic E-state index is -0.358. The average molecular weight is 380 g/mol. The van der Waals surface area contributed by atoms with Gasteiger partial charge in [-0.15, -0.1) is 0 Å². The first-order chi connectivity index (χ1) is 13.2. The smallest absolute Gasteiger partial charge is 0.338 e. The van der Waals surface area contributed by atoms with Gasteiger partial charge in [0.2, 0.25) is 0 Å². The summed E-state index contributed by atoms with van der Waals surface area (Å²) in [6, 6.07) is 11.8. The molecule has 0 spiro atoms. The van der Waals surface area contributed by atoms with E-state index in [1.807, 2.05) is 54.6 Å². The predicted octanol–water partition coefficient (Wildman–Crippen LogP) is 4.62. The van der Waals surface area contributed by atoms with Gasteiger partial charge in [0.05, 0.1) is 31.0 Å². The number of rotatable bonds is 4. The summed E-state index contributed by atoms with van der Waals surface area (Å²) in [7, 11) is 1.65. The molecule has 0 amide bonds. The summed E-state index contributed by atoms with van der Waals surface area (Å²) in [5, 5.41) is 4.96. The number of benzene rings is 2. The van der Waals surface area contributed by atoms with E-state index in [9.17, 15) is 4.79 Å². The topological polar surface area (TPSA) is 51.1 Å². The van der Waals surface area contributed by atoms with Gasteiger partial charge in [-0.05, 0) is 36.1 Å². The van der Waals surface area contributed by atoms with E-state index in [2.05, 4.69) is 17.1 Å². The lowest BCUT2D eigenvalue weighted by Gasteiger charge is -2.34. The van der Waals surface area contributed by atoms with E-state index < -0.39 is 0 Å². The van der Waals surface area contributed by atoms with Gasteiger partial charge in [0, 0.05) is 11.8 Å². The second kappa shape index (κ2) is 7.12. The van der Waals surface area contributed by atoms with Crippen LogP contribution in [0.4, 0.5) is 0 Å². The number of esters is 1. The maximum atomic E-state index is 12.9. The molecule has 0 aliphatic carbocycles. The third kappa shape index (κ3) is 2.90. The Morgan fingerprint density at radius 1 is 1.26 bits per heavy atom. The summed E-state index contributed by atoms with van der Waals surface area (Å²) in [5.41, 5.74) is 2.16. The van der Waals surface area contributed by atoms with Crippen LogP contribution in [0.15, 0.2) is 64.3 Å². The Bertz CT molecular complexity index is 1010. The van der Waals surface area contributed by atoms with Gasteiger partial charge in [0.1, 0.15) is 5.75 Å². The number of allylic oxidation sites excluding steroid dienone is 1. The molecule has 1 atom stereocenters. The first kappa shape index (κ1) is 17.7. The molecule has 2 aromatic carbocycles. The number of amidine groups is 1. The molecule has 0 saturated carbocycles. The van der Waals surface area contributed by atoms with Crippen molar-refractivity contribution in [1.82, 2.24) is 4.90 Å². The number of hydrogen-bond donors (Lipinski definition) is 0. The highest BCUT2D eigenvalue weighted by molar-refractivity contribution is 8.16. The second-order valence-corrected chi connectivity index (χ2v) is 7.10. The second-order valence-electron chi connectivity index (χ2n) is 6.23. The van der Waals surface area contributed by atoms with E-state index in [0.717, 1.165) is 27.3 Å². The zero-order chi connectivity index (χ0) is 19.0. The molecule has 0 N–H and O–H groups in total. The molecule has 0 radical (unpaired) electrons. The maximum absolute atomic E-state index is 12.9. The number of thioether (sulfide) groups is 1. The van der Waals surface area contributed by atoms with Gasteiger partial charge in [-0.1, -0.05) is 42.1 Å². The third-order valence-electron chi connectivity index (χ3n) is 4.74. The summed E-state index contributed by atoms with van der Waals surface area (Å²) in [6.07, 6.45) is 1.96. The first-order valence-electron chi connectivity index (χ1n) is 8.79. The molecule has 2 aromatic rings. The van der Waals surface area contributed by atoms with Crippen LogP contribution >= 0.6 is 11.8 Å². The monoisotopic (exact) mass is 380 g/mol. The number of methoxy groups -OCH3 is 1. The number of nitrogens with zero attached hydrogens (tertiary/aromatic N) is 2. The van der Waals surface area contributed by atoms with Crippen LogP contribution in [0, 0.1) is 0 Å². The van der Waals surface area contributed by atoms with Gasteiger partial charge < -0.3 is 14.4 Å². The fraction of sp³-hybridized carbons (Fsp3) is 0.238. The number of ether oxygens (including phenoxy) is 2. The predicted molar refractivity (Wildman–Crippen MR) is 109 cm³/mol. The number of hydrogen-bond acceptors (Lipinski definition) is 6. The number of aliphatic imine (C=N–C) groups is 1. The van der Waals surface area contributed by atoms with Crippen molar-refractivity contribution in [2.75, 3.05) is 13.7 Å². The zero-order valence-corrected chi connectivity index (χ0v) is 16.2. The van der Waals surface area contributed by atoms with Crippen LogP contribution in [0.5, 0.6) is 5.75 Å². The van der Waals surface area contributed by atoms with E-state index in [4.69, 9.17) is 9.47 Å². The fourth-order valence-corrected chi connectivity index (χ4v) is 4.38. The largest absolute Gasteiger partial charge is 0.496 e. The Labute approximate surface area is 162 Å². The highest BCUT2D eigenvalue weighted by Crippen LogP contribution is 2.46. The molecule has 27 heavy (non-hydrogen) atoms. The average Bonchev–Trinajstić information content (AvgIpc) is 3.14. The number of carbonyl (C=O) groups excluding carboxylic acids is 1. The molecule has 0 fully saturated rings. The molecule has 2 aliphatic rings. The van der Waals surface area contributed by atoms with Gasteiger partial charge in [-0.3, -0.25) is 0 Å². The summed E-state index contributed by atoms with van der Waals surface area (Å²) in [6.45, 7) is 3.99. The lowest BCUT2D eigenvalue weighted by Crippen LogP contribution is -2.34. The molecule has 4 rings (SSSR count). The Kier molecular flexibility index (Phi) is 4.66. The van der Waals surface area contributed by atoms with Crippen molar-refractivity contribution in [3.63, 3.8) is 0 Å². The summed E-state index contributed by atoms with van der Waals surface area (Å²) >= 11 is 1.54. The molecule has 5 nitrogen and oxygen atoms in total. The van der Waals surface area contributed by atoms with E-state index in [1.54, 1.807) is 18.9 Å². The highest BCUT2D eigenvalue weighted by atomic mass is 32.2. The molecular formula is C21H20N2O3S. The molecule has 2 heterocycles. The van der Waals surface area contributed by atoms with Crippen LogP contribution in [-0.4, -0.2) is 29.8 Å².